The Balaban J connectivity index is 1.58. The van der Waals surface area contributed by atoms with E-state index >= 15 is 0 Å². The van der Waals surface area contributed by atoms with Gasteiger partial charge in [-0.3, -0.25) is 9.69 Å². The number of likely N-dealkylation sites (tertiary alicyclic amines) is 1. The zero-order chi connectivity index (χ0) is 20.9. The van der Waals surface area contributed by atoms with E-state index in [1.54, 1.807) is 0 Å². The van der Waals surface area contributed by atoms with Crippen LogP contribution >= 0.6 is 15.9 Å². The molecule has 5 nitrogen and oxygen atoms in total. The highest BCUT2D eigenvalue weighted by molar-refractivity contribution is 9.10. The van der Waals surface area contributed by atoms with Gasteiger partial charge in [0, 0.05) is 22.3 Å². The Morgan fingerprint density at radius 2 is 1.90 bits per heavy atom. The Morgan fingerprint density at radius 3 is 2.63 bits per heavy atom. The molecule has 0 spiro atoms. The van der Waals surface area contributed by atoms with Crippen LogP contribution in [0.5, 0.6) is 0 Å². The van der Waals surface area contributed by atoms with Gasteiger partial charge in [0.2, 0.25) is 0 Å². The van der Waals surface area contributed by atoms with Gasteiger partial charge < -0.3 is 9.88 Å². The highest BCUT2D eigenvalue weighted by Crippen LogP contribution is 2.23. The standard InChI is InChI=1S/C24H29BrN4O/c1-2-12-29-22-11-10-20(26-24(30)18-8-7-9-19(25)15-18)16-21(22)27-23(29)17-28-13-5-3-4-6-14-28/h7-11,15-16H,2-6,12-14,17H2,1H3,(H,26,30). The molecular weight excluding hydrogens is 440 g/mol. The minimum Gasteiger partial charge on any atom is -0.327 e. The van der Waals surface area contributed by atoms with E-state index in [4.69, 9.17) is 4.98 Å². The number of benzene rings is 2. The number of carbonyl (C=O) groups excluding carboxylic acids is 1. The Kier molecular flexibility index (Phi) is 6.85. The fourth-order valence-corrected chi connectivity index (χ4v) is 4.58. The first-order chi connectivity index (χ1) is 14.6. The summed E-state index contributed by atoms with van der Waals surface area (Å²) >= 11 is 3.42. The molecule has 3 aromatic rings. The molecule has 6 heteroatoms. The topological polar surface area (TPSA) is 50.2 Å². The third-order valence-corrected chi connectivity index (χ3v) is 6.18. The van der Waals surface area contributed by atoms with Crippen LogP contribution in [0.4, 0.5) is 5.69 Å². The second-order valence-corrected chi connectivity index (χ2v) is 8.95. The predicted molar refractivity (Wildman–Crippen MR) is 126 cm³/mol. The quantitative estimate of drug-likeness (QED) is 0.494. The minimum absolute atomic E-state index is 0.117. The second kappa shape index (κ2) is 9.75. The normalized spacial score (nSPS) is 15.3. The van der Waals surface area contributed by atoms with Gasteiger partial charge in [-0.25, -0.2) is 4.98 Å². The average Bonchev–Trinajstić information content (AvgIpc) is 2.89. The van der Waals surface area contributed by atoms with E-state index in [0.717, 1.165) is 59.6 Å². The number of nitrogens with one attached hydrogen (secondary N) is 1. The molecule has 1 amide bonds. The Bertz CT molecular complexity index is 1020. The summed E-state index contributed by atoms with van der Waals surface area (Å²) in [4.78, 5) is 20.1. The lowest BCUT2D eigenvalue weighted by Gasteiger charge is -2.20. The van der Waals surface area contributed by atoms with Crippen molar-refractivity contribution in [2.45, 2.75) is 52.1 Å². The van der Waals surface area contributed by atoms with Crippen molar-refractivity contribution in [2.75, 3.05) is 18.4 Å². The number of carbonyl (C=O) groups is 1. The van der Waals surface area contributed by atoms with Gasteiger partial charge in [0.25, 0.3) is 5.91 Å². The summed E-state index contributed by atoms with van der Waals surface area (Å²) in [5, 5.41) is 3.01. The first kappa shape index (κ1) is 21.1. The van der Waals surface area contributed by atoms with E-state index in [-0.39, 0.29) is 5.91 Å². The van der Waals surface area contributed by atoms with Crippen molar-refractivity contribution in [2.24, 2.45) is 0 Å². The van der Waals surface area contributed by atoms with Gasteiger partial charge in [0.05, 0.1) is 17.6 Å². The maximum atomic E-state index is 12.6. The molecule has 0 unspecified atom stereocenters. The molecule has 0 aliphatic carbocycles. The van der Waals surface area contributed by atoms with Crippen molar-refractivity contribution >= 4 is 38.6 Å². The lowest BCUT2D eigenvalue weighted by molar-refractivity contribution is 0.102. The summed E-state index contributed by atoms with van der Waals surface area (Å²) < 4.78 is 3.24. The van der Waals surface area contributed by atoms with Crippen molar-refractivity contribution in [1.82, 2.24) is 14.5 Å². The monoisotopic (exact) mass is 468 g/mol. The third kappa shape index (κ3) is 4.93. The zero-order valence-corrected chi connectivity index (χ0v) is 19.1. The number of anilines is 1. The number of imidazole rings is 1. The van der Waals surface area contributed by atoms with Gasteiger partial charge in [-0.1, -0.05) is 41.8 Å². The lowest BCUT2D eigenvalue weighted by Crippen LogP contribution is -2.26. The third-order valence-electron chi connectivity index (χ3n) is 5.68. The smallest absolute Gasteiger partial charge is 0.255 e. The molecule has 1 N–H and O–H groups in total. The van der Waals surface area contributed by atoms with Gasteiger partial charge in [-0.15, -0.1) is 0 Å². The van der Waals surface area contributed by atoms with Crippen LogP contribution in [0.15, 0.2) is 46.9 Å². The maximum absolute atomic E-state index is 12.6. The molecule has 0 bridgehead atoms. The van der Waals surface area contributed by atoms with E-state index in [2.05, 4.69) is 43.7 Å². The number of rotatable bonds is 6. The minimum atomic E-state index is -0.117. The number of aryl methyl sites for hydroxylation is 1. The summed E-state index contributed by atoms with van der Waals surface area (Å²) in [6.07, 6.45) is 6.30. The van der Waals surface area contributed by atoms with Crippen LogP contribution in [0.2, 0.25) is 0 Å². The summed E-state index contributed by atoms with van der Waals surface area (Å²) in [6.45, 7) is 6.37. The molecule has 0 atom stereocenters. The van der Waals surface area contributed by atoms with E-state index in [1.165, 1.54) is 25.7 Å². The molecule has 1 fully saturated rings. The molecule has 1 aliphatic rings. The molecule has 2 heterocycles. The molecule has 2 aromatic carbocycles. The SMILES string of the molecule is CCCn1c(CN2CCCCCC2)nc2cc(NC(=O)c3cccc(Br)c3)ccc21. The molecule has 1 aromatic heterocycles. The van der Waals surface area contributed by atoms with Crippen LogP contribution in [-0.4, -0.2) is 33.4 Å². The highest BCUT2D eigenvalue weighted by atomic mass is 79.9. The first-order valence-corrected chi connectivity index (χ1v) is 11.7. The average molecular weight is 469 g/mol. The number of halogens is 1. The number of amides is 1. The molecule has 0 saturated carbocycles. The summed E-state index contributed by atoms with van der Waals surface area (Å²) in [5.74, 6) is 1.01. The van der Waals surface area contributed by atoms with Crippen molar-refractivity contribution in [3.63, 3.8) is 0 Å². The van der Waals surface area contributed by atoms with Crippen molar-refractivity contribution in [1.29, 1.82) is 0 Å². The number of fused-ring (bicyclic) bond motifs is 1. The molecule has 0 radical (unpaired) electrons. The molecule has 30 heavy (non-hydrogen) atoms. The van der Waals surface area contributed by atoms with E-state index in [0.29, 0.717) is 5.56 Å². The molecule has 4 rings (SSSR count). The van der Waals surface area contributed by atoms with Gasteiger partial charge in [-0.05, 0) is 68.8 Å². The fourth-order valence-electron chi connectivity index (χ4n) is 4.18. The molecule has 1 saturated heterocycles. The first-order valence-electron chi connectivity index (χ1n) is 10.9. The summed E-state index contributed by atoms with van der Waals surface area (Å²) in [5.41, 5.74) is 3.49. The van der Waals surface area contributed by atoms with E-state index < -0.39 is 0 Å². The van der Waals surface area contributed by atoms with Crippen LogP contribution in [0.3, 0.4) is 0 Å². The van der Waals surface area contributed by atoms with E-state index in [9.17, 15) is 4.79 Å². The fraction of sp³-hybridized carbons (Fsp3) is 0.417. The van der Waals surface area contributed by atoms with Crippen LogP contribution in [0, 0.1) is 0 Å². The molecule has 1 aliphatic heterocycles. The van der Waals surface area contributed by atoms with Crippen LogP contribution < -0.4 is 5.32 Å². The Hall–Kier alpha value is -2.18. The van der Waals surface area contributed by atoms with Gasteiger partial charge in [0.15, 0.2) is 0 Å². The van der Waals surface area contributed by atoms with Crippen LogP contribution in [-0.2, 0) is 13.1 Å². The van der Waals surface area contributed by atoms with Gasteiger partial charge >= 0.3 is 0 Å². The molecular formula is C24H29BrN4O. The number of hydrogen-bond acceptors (Lipinski definition) is 3. The maximum Gasteiger partial charge on any atom is 0.255 e. The van der Waals surface area contributed by atoms with Gasteiger partial charge in [0.1, 0.15) is 5.82 Å². The summed E-state index contributed by atoms with van der Waals surface area (Å²) in [7, 11) is 0. The van der Waals surface area contributed by atoms with Crippen molar-refractivity contribution in [3.05, 3.63) is 58.3 Å². The lowest BCUT2D eigenvalue weighted by atomic mass is 10.2. The molecule has 158 valence electrons. The second-order valence-electron chi connectivity index (χ2n) is 8.04. The number of hydrogen-bond donors (Lipinski definition) is 1. The van der Waals surface area contributed by atoms with Crippen LogP contribution in [0.1, 0.15) is 55.2 Å². The van der Waals surface area contributed by atoms with E-state index in [1.807, 2.05) is 36.4 Å². The summed E-state index contributed by atoms with van der Waals surface area (Å²) in [6, 6.07) is 13.5. The largest absolute Gasteiger partial charge is 0.327 e. The van der Waals surface area contributed by atoms with Gasteiger partial charge in [-0.2, -0.15) is 0 Å². The number of nitrogens with zero attached hydrogens (tertiary/aromatic N) is 3. The van der Waals surface area contributed by atoms with Crippen molar-refractivity contribution in [3.8, 4) is 0 Å². The highest BCUT2D eigenvalue weighted by Gasteiger charge is 2.16. The Morgan fingerprint density at radius 1 is 1.10 bits per heavy atom. The predicted octanol–water partition coefficient (Wildman–Crippen LogP) is 5.84. The van der Waals surface area contributed by atoms with Crippen LogP contribution in [0.25, 0.3) is 11.0 Å². The zero-order valence-electron chi connectivity index (χ0n) is 17.5. The van der Waals surface area contributed by atoms with Crippen molar-refractivity contribution < 1.29 is 4.79 Å². The Labute approximate surface area is 186 Å². The number of aromatic nitrogens is 2.